The van der Waals surface area contributed by atoms with Gasteiger partial charge in [-0.05, 0) is 164 Å². The molecule has 2 unspecified atom stereocenters. The Morgan fingerprint density at radius 2 is 1.20 bits per heavy atom. The molecule has 0 fully saturated rings. The van der Waals surface area contributed by atoms with Gasteiger partial charge in [-0.15, -0.1) is 0 Å². The first-order valence-corrected chi connectivity index (χ1v) is 25.8. The molecule has 0 saturated carbocycles. The highest BCUT2D eigenvalue weighted by atomic mass is 14.7. The summed E-state index contributed by atoms with van der Waals surface area (Å²) in [5.74, 6) is 0.669. The molecule has 2 atom stereocenters. The number of allylic oxidation sites excluding steroid dienone is 6. The summed E-state index contributed by atoms with van der Waals surface area (Å²) >= 11 is 0. The summed E-state index contributed by atoms with van der Waals surface area (Å²) < 4.78 is 0. The average molecular weight is 914 g/mol. The van der Waals surface area contributed by atoms with Crippen LogP contribution in [0.15, 0.2) is 176 Å². The Labute approximate surface area is 419 Å². The van der Waals surface area contributed by atoms with Crippen molar-refractivity contribution in [2.45, 2.75) is 89.9 Å². The lowest BCUT2D eigenvalue weighted by Gasteiger charge is -2.40. The molecule has 0 aliphatic heterocycles. The van der Waals surface area contributed by atoms with Crippen molar-refractivity contribution in [1.82, 2.24) is 4.98 Å². The fourth-order valence-electron chi connectivity index (χ4n) is 15.2. The molecule has 1 heterocycles. The molecule has 14 rings (SSSR count). The number of hydrogen-bond acceptors (Lipinski definition) is 1. The van der Waals surface area contributed by atoms with Gasteiger partial charge in [0.15, 0.2) is 0 Å². The van der Waals surface area contributed by atoms with Gasteiger partial charge in [0, 0.05) is 45.2 Å². The lowest BCUT2D eigenvalue weighted by molar-refractivity contribution is 0.343. The summed E-state index contributed by atoms with van der Waals surface area (Å²) in [6, 6.07) is 53.0. The molecule has 1 nitrogen and oxygen atoms in total. The Kier molecular flexibility index (Phi) is 8.48. The van der Waals surface area contributed by atoms with Crippen LogP contribution in [0.2, 0.25) is 0 Å². The SMILES string of the molecule is C=C/C(=C\c1ccc2cc(-c3cc4c(c5ccccc35)-c3ccc5c(c3C4(C)C)C(C)(C)c3ccccc3-5)cnc2c1C)c1cc2c(c3ccccc13)C1C=CC3=C(C1C2(C)C)C(C)(C)c1ccccc13. The largest absolute Gasteiger partial charge is 0.255 e. The molecule has 1 aromatic heterocycles. The molecule has 71 heavy (non-hydrogen) atoms. The molecule has 344 valence electrons. The summed E-state index contributed by atoms with van der Waals surface area (Å²) in [7, 11) is 0. The Hall–Kier alpha value is -7.35. The third kappa shape index (κ3) is 5.40. The maximum atomic E-state index is 5.33. The maximum Gasteiger partial charge on any atom is 0.0737 e. The number of fused-ring (bicyclic) bond motifs is 18. The van der Waals surface area contributed by atoms with Crippen LogP contribution in [0.25, 0.3) is 83.1 Å². The number of pyridine rings is 1. The third-order valence-electron chi connectivity index (χ3n) is 18.5. The summed E-state index contributed by atoms with van der Waals surface area (Å²) in [6.45, 7) is 26.3. The first-order chi connectivity index (χ1) is 34.1. The van der Waals surface area contributed by atoms with Crippen molar-refractivity contribution in [3.63, 3.8) is 0 Å². The Balaban J connectivity index is 0.863. The van der Waals surface area contributed by atoms with Crippen LogP contribution in [-0.4, -0.2) is 4.98 Å². The molecule has 0 saturated heterocycles. The van der Waals surface area contributed by atoms with E-state index in [1.54, 1.807) is 5.57 Å². The van der Waals surface area contributed by atoms with E-state index < -0.39 is 0 Å². The van der Waals surface area contributed by atoms with Crippen molar-refractivity contribution in [3.05, 3.63) is 237 Å². The van der Waals surface area contributed by atoms with Gasteiger partial charge >= 0.3 is 0 Å². The van der Waals surface area contributed by atoms with Crippen molar-refractivity contribution >= 4 is 49.7 Å². The molecule has 0 radical (unpaired) electrons. The zero-order valence-electron chi connectivity index (χ0n) is 42.5. The van der Waals surface area contributed by atoms with Crippen LogP contribution in [0.1, 0.15) is 123 Å². The predicted molar refractivity (Wildman–Crippen MR) is 301 cm³/mol. The molecule has 0 amide bonds. The summed E-state index contributed by atoms with van der Waals surface area (Å²) in [5, 5.41) is 6.35. The minimum absolute atomic E-state index is 0.0451. The van der Waals surface area contributed by atoms with Crippen molar-refractivity contribution in [2.75, 3.05) is 0 Å². The molecular formula is C70H59N. The second-order valence-corrected chi connectivity index (χ2v) is 23.5. The van der Waals surface area contributed by atoms with Crippen molar-refractivity contribution in [1.29, 1.82) is 0 Å². The van der Waals surface area contributed by atoms with Gasteiger partial charge in [-0.3, -0.25) is 4.98 Å². The molecule has 9 aromatic rings. The zero-order chi connectivity index (χ0) is 48.7. The Morgan fingerprint density at radius 3 is 1.96 bits per heavy atom. The number of rotatable bonds is 4. The molecular weight excluding hydrogens is 855 g/mol. The van der Waals surface area contributed by atoms with Crippen molar-refractivity contribution < 1.29 is 0 Å². The van der Waals surface area contributed by atoms with E-state index in [9.17, 15) is 0 Å². The van der Waals surface area contributed by atoms with Crippen LogP contribution in [0.4, 0.5) is 0 Å². The van der Waals surface area contributed by atoms with Gasteiger partial charge in [0.05, 0.1) is 5.52 Å². The van der Waals surface area contributed by atoms with E-state index in [1.807, 2.05) is 0 Å². The maximum absolute atomic E-state index is 5.33. The van der Waals surface area contributed by atoms with E-state index in [2.05, 4.69) is 239 Å². The van der Waals surface area contributed by atoms with Gasteiger partial charge in [-0.2, -0.15) is 0 Å². The highest BCUT2D eigenvalue weighted by Gasteiger charge is 2.55. The van der Waals surface area contributed by atoms with E-state index in [-0.39, 0.29) is 21.7 Å². The third-order valence-corrected chi connectivity index (χ3v) is 18.5. The van der Waals surface area contributed by atoms with E-state index in [0.29, 0.717) is 11.8 Å². The fraction of sp³-hybridized carbons (Fsp3) is 0.214. The molecule has 1 heteroatoms. The second kappa shape index (κ2) is 14.2. The van der Waals surface area contributed by atoms with Crippen molar-refractivity contribution in [2.24, 2.45) is 5.92 Å². The highest BCUT2D eigenvalue weighted by Crippen LogP contribution is 2.65. The second-order valence-electron chi connectivity index (χ2n) is 23.5. The number of hydrogen-bond donors (Lipinski definition) is 0. The number of benzene rings is 8. The van der Waals surface area contributed by atoms with Crippen LogP contribution < -0.4 is 0 Å². The van der Waals surface area contributed by atoms with Gasteiger partial charge in [-0.1, -0.05) is 202 Å². The Bertz CT molecular complexity index is 4020. The smallest absolute Gasteiger partial charge is 0.0737 e. The van der Waals surface area contributed by atoms with E-state index in [0.717, 1.165) is 27.6 Å². The molecule has 0 spiro atoms. The number of aromatic nitrogens is 1. The van der Waals surface area contributed by atoms with Crippen LogP contribution in [0.3, 0.4) is 0 Å². The normalized spacial score (nSPS) is 19.8. The lowest BCUT2D eigenvalue weighted by atomic mass is 9.63. The summed E-state index contributed by atoms with van der Waals surface area (Å²) in [6.07, 6.45) is 11.5. The minimum atomic E-state index is -0.200. The van der Waals surface area contributed by atoms with Crippen molar-refractivity contribution in [3.8, 4) is 33.4 Å². The van der Waals surface area contributed by atoms with Gasteiger partial charge in [-0.25, -0.2) is 0 Å². The van der Waals surface area contributed by atoms with Crippen LogP contribution >= 0.6 is 0 Å². The van der Waals surface area contributed by atoms with Gasteiger partial charge in [0.25, 0.3) is 0 Å². The van der Waals surface area contributed by atoms with Gasteiger partial charge in [0.1, 0.15) is 0 Å². The van der Waals surface area contributed by atoms with Crippen LogP contribution in [0, 0.1) is 12.8 Å². The monoisotopic (exact) mass is 913 g/mol. The minimum Gasteiger partial charge on any atom is -0.255 e. The predicted octanol–water partition coefficient (Wildman–Crippen LogP) is 18.2. The van der Waals surface area contributed by atoms with Crippen LogP contribution in [-0.2, 0) is 21.7 Å². The molecule has 5 aliphatic rings. The van der Waals surface area contributed by atoms with Crippen LogP contribution in [0.5, 0.6) is 0 Å². The quantitative estimate of drug-likeness (QED) is 0.127. The fourth-order valence-corrected chi connectivity index (χ4v) is 15.2. The molecule has 5 aliphatic carbocycles. The zero-order valence-corrected chi connectivity index (χ0v) is 42.5. The first-order valence-electron chi connectivity index (χ1n) is 25.8. The van der Waals surface area contributed by atoms with E-state index in [1.165, 1.54) is 111 Å². The van der Waals surface area contributed by atoms with Gasteiger partial charge < -0.3 is 0 Å². The van der Waals surface area contributed by atoms with Gasteiger partial charge in [0.2, 0.25) is 0 Å². The lowest BCUT2D eigenvalue weighted by Crippen LogP contribution is -2.35. The molecule has 0 N–H and O–H groups in total. The summed E-state index contributed by atoms with van der Waals surface area (Å²) in [4.78, 5) is 5.33. The standard InChI is InChI=1S/C70H59N/c1-11-40(54-36-58-60(48-24-14-12-20-44(48)54)52-32-30-50-46-22-16-18-26-56(46)67(3,4)62(50)64(52)69(58,7)8)34-41-28-29-42-35-43(38-71-66(42)39(41)2)55-37-59-61(49-25-15-13-21-45(49)55)53-33-31-51-47-23-17-19-27-57(47)68(5,6)63(51)65(53)70(59,9)10/h11-38,52,64H,1H2,2-10H3/b40-34+. The topological polar surface area (TPSA) is 12.9 Å². The molecule has 0 bridgehead atoms. The average Bonchev–Trinajstić information content (AvgIpc) is 3.96. The number of aryl methyl sites for hydroxylation is 1. The first kappa shape index (κ1) is 42.5. The number of nitrogens with zero attached hydrogens (tertiary/aromatic N) is 1. The summed E-state index contributed by atoms with van der Waals surface area (Å²) in [5.41, 5.74) is 27.8. The van der Waals surface area contributed by atoms with E-state index >= 15 is 0 Å². The van der Waals surface area contributed by atoms with E-state index in [4.69, 9.17) is 4.98 Å². The molecule has 8 aromatic carbocycles. The Morgan fingerprint density at radius 1 is 0.563 bits per heavy atom. The highest BCUT2D eigenvalue weighted by molar-refractivity contribution is 6.11.